The number of carbonyl (C=O) groups excluding carboxylic acids is 2. The molecule has 98 valence electrons. The van der Waals surface area contributed by atoms with Crippen LogP contribution in [0, 0.1) is 0 Å². The van der Waals surface area contributed by atoms with E-state index >= 15 is 0 Å². The Bertz CT molecular complexity index is 432. The number of hydrogen-bond acceptors (Lipinski definition) is 3. The second-order valence-electron chi connectivity index (χ2n) is 4.12. The molecule has 0 bridgehead atoms. The van der Waals surface area contributed by atoms with Crippen molar-refractivity contribution < 1.29 is 14.3 Å². The fourth-order valence-corrected chi connectivity index (χ4v) is 1.77. The minimum atomic E-state index is -0.0604. The third-order valence-electron chi connectivity index (χ3n) is 2.14. The van der Waals surface area contributed by atoms with Gasteiger partial charge in [-0.1, -0.05) is 15.9 Å². The number of ether oxygens (including phenoxy) is 1. The van der Waals surface area contributed by atoms with Gasteiger partial charge in [-0.2, -0.15) is 0 Å². The van der Waals surface area contributed by atoms with Crippen LogP contribution in [0.4, 0.5) is 0 Å². The Kier molecular flexibility index (Phi) is 5.85. The molecule has 0 saturated heterocycles. The maximum Gasteiger partial charge on any atom is 0.223 e. The molecule has 0 heterocycles. The number of carbonyl (C=O) groups is 2. The molecule has 5 heteroatoms. The average Bonchev–Trinajstić information content (AvgIpc) is 2.30. The van der Waals surface area contributed by atoms with Crippen molar-refractivity contribution in [3.05, 3.63) is 28.2 Å². The van der Waals surface area contributed by atoms with Crippen LogP contribution in [0.25, 0.3) is 0 Å². The van der Waals surface area contributed by atoms with Gasteiger partial charge in [0.1, 0.15) is 5.75 Å². The summed E-state index contributed by atoms with van der Waals surface area (Å²) in [4.78, 5) is 22.2. The molecule has 0 aliphatic rings. The molecule has 4 nitrogen and oxygen atoms in total. The van der Waals surface area contributed by atoms with Crippen LogP contribution >= 0.6 is 15.9 Å². The lowest BCUT2D eigenvalue weighted by molar-refractivity contribution is -0.122. The molecule has 1 rings (SSSR count). The normalized spacial score (nSPS) is 10.2. The zero-order valence-electron chi connectivity index (χ0n) is 10.4. The SMILES string of the molecule is CC(C)NC(=O)CCOc1ccc(Br)cc1C=O. The highest BCUT2D eigenvalue weighted by atomic mass is 79.9. The zero-order valence-corrected chi connectivity index (χ0v) is 12.0. The summed E-state index contributed by atoms with van der Waals surface area (Å²) in [5.41, 5.74) is 0.466. The van der Waals surface area contributed by atoms with E-state index in [0.717, 1.165) is 10.8 Å². The fraction of sp³-hybridized carbons (Fsp3) is 0.385. The van der Waals surface area contributed by atoms with Crippen molar-refractivity contribution in [2.24, 2.45) is 0 Å². The van der Waals surface area contributed by atoms with Crippen LogP contribution in [-0.4, -0.2) is 24.8 Å². The maximum absolute atomic E-state index is 11.4. The lowest BCUT2D eigenvalue weighted by Gasteiger charge is -2.10. The minimum Gasteiger partial charge on any atom is -0.492 e. The number of aldehydes is 1. The number of nitrogens with one attached hydrogen (secondary N) is 1. The standard InChI is InChI=1S/C13H16BrNO3/c1-9(2)15-13(17)5-6-18-12-4-3-11(14)7-10(12)8-16/h3-4,7-9H,5-6H2,1-2H3,(H,15,17). The first kappa shape index (κ1) is 14.7. The predicted octanol–water partition coefficient (Wildman–Crippen LogP) is 2.56. The molecule has 0 saturated carbocycles. The second kappa shape index (κ2) is 7.16. The van der Waals surface area contributed by atoms with Gasteiger partial charge in [-0.15, -0.1) is 0 Å². The van der Waals surface area contributed by atoms with Gasteiger partial charge in [-0.05, 0) is 32.0 Å². The quantitative estimate of drug-likeness (QED) is 0.821. The van der Waals surface area contributed by atoms with E-state index < -0.39 is 0 Å². The van der Waals surface area contributed by atoms with E-state index in [4.69, 9.17) is 4.74 Å². The lowest BCUT2D eigenvalue weighted by atomic mass is 10.2. The molecule has 0 aliphatic heterocycles. The van der Waals surface area contributed by atoms with E-state index in [-0.39, 0.29) is 25.0 Å². The summed E-state index contributed by atoms with van der Waals surface area (Å²) in [6.45, 7) is 4.05. The number of halogens is 1. The predicted molar refractivity (Wildman–Crippen MR) is 72.9 cm³/mol. The summed E-state index contributed by atoms with van der Waals surface area (Å²) in [5.74, 6) is 0.431. The third kappa shape index (κ3) is 4.87. The van der Waals surface area contributed by atoms with Crippen LogP contribution in [0.5, 0.6) is 5.75 Å². The maximum atomic E-state index is 11.4. The van der Waals surface area contributed by atoms with E-state index in [1.54, 1.807) is 18.2 Å². The van der Waals surface area contributed by atoms with Gasteiger partial charge < -0.3 is 10.1 Å². The topological polar surface area (TPSA) is 55.4 Å². The number of benzene rings is 1. The Morgan fingerprint density at radius 1 is 1.50 bits per heavy atom. The molecule has 0 unspecified atom stereocenters. The van der Waals surface area contributed by atoms with Gasteiger partial charge in [0.25, 0.3) is 0 Å². The number of amides is 1. The molecule has 0 aromatic heterocycles. The van der Waals surface area contributed by atoms with Gasteiger partial charge in [0, 0.05) is 10.5 Å². The summed E-state index contributed by atoms with van der Waals surface area (Å²) >= 11 is 3.28. The van der Waals surface area contributed by atoms with Crippen LogP contribution in [-0.2, 0) is 4.79 Å². The smallest absolute Gasteiger partial charge is 0.223 e. The van der Waals surface area contributed by atoms with Crippen LogP contribution < -0.4 is 10.1 Å². The van der Waals surface area contributed by atoms with Gasteiger partial charge in [-0.25, -0.2) is 0 Å². The van der Waals surface area contributed by atoms with Crippen LogP contribution in [0.2, 0.25) is 0 Å². The van der Waals surface area contributed by atoms with Gasteiger partial charge in [0.2, 0.25) is 5.91 Å². The van der Waals surface area contributed by atoms with E-state index in [9.17, 15) is 9.59 Å². The third-order valence-corrected chi connectivity index (χ3v) is 2.63. The first-order valence-corrected chi connectivity index (χ1v) is 6.49. The van der Waals surface area contributed by atoms with Crippen molar-refractivity contribution in [2.75, 3.05) is 6.61 Å². The summed E-state index contributed by atoms with van der Waals surface area (Å²) in [6.07, 6.45) is 1.00. The summed E-state index contributed by atoms with van der Waals surface area (Å²) in [5, 5.41) is 2.77. The van der Waals surface area contributed by atoms with Gasteiger partial charge in [0.15, 0.2) is 6.29 Å². The first-order valence-electron chi connectivity index (χ1n) is 5.70. The highest BCUT2D eigenvalue weighted by Gasteiger charge is 2.06. The van der Waals surface area contributed by atoms with Crippen molar-refractivity contribution in [2.45, 2.75) is 26.3 Å². The molecule has 18 heavy (non-hydrogen) atoms. The molecule has 1 amide bonds. The van der Waals surface area contributed by atoms with Crippen LogP contribution in [0.15, 0.2) is 22.7 Å². The van der Waals surface area contributed by atoms with Crippen molar-refractivity contribution in [1.29, 1.82) is 0 Å². The highest BCUT2D eigenvalue weighted by molar-refractivity contribution is 9.10. The van der Waals surface area contributed by atoms with E-state index in [1.807, 2.05) is 13.8 Å². The molecule has 0 radical (unpaired) electrons. The molecule has 0 fully saturated rings. The van der Waals surface area contributed by atoms with E-state index in [1.165, 1.54) is 0 Å². The van der Waals surface area contributed by atoms with Crippen molar-refractivity contribution in [3.63, 3.8) is 0 Å². The molecule has 1 aromatic carbocycles. The molecule has 0 atom stereocenters. The lowest BCUT2D eigenvalue weighted by Crippen LogP contribution is -2.31. The average molecular weight is 314 g/mol. The number of rotatable bonds is 6. The molecular weight excluding hydrogens is 298 g/mol. The molecule has 1 aromatic rings. The van der Waals surface area contributed by atoms with Gasteiger partial charge >= 0.3 is 0 Å². The molecular formula is C13H16BrNO3. The number of hydrogen-bond donors (Lipinski definition) is 1. The summed E-state index contributed by atoms with van der Waals surface area (Å²) < 4.78 is 6.24. The Hall–Kier alpha value is -1.36. The Balaban J connectivity index is 2.49. The Morgan fingerprint density at radius 2 is 2.22 bits per heavy atom. The molecule has 0 spiro atoms. The fourth-order valence-electron chi connectivity index (χ4n) is 1.39. The monoisotopic (exact) mass is 313 g/mol. The van der Waals surface area contributed by atoms with Crippen LogP contribution in [0.1, 0.15) is 30.6 Å². The van der Waals surface area contributed by atoms with Crippen LogP contribution in [0.3, 0.4) is 0 Å². The summed E-state index contributed by atoms with van der Waals surface area (Å²) in [6, 6.07) is 5.29. The largest absolute Gasteiger partial charge is 0.492 e. The van der Waals surface area contributed by atoms with Crippen molar-refractivity contribution in [1.82, 2.24) is 5.32 Å². The van der Waals surface area contributed by atoms with Gasteiger partial charge in [-0.3, -0.25) is 9.59 Å². The zero-order chi connectivity index (χ0) is 13.5. The first-order chi connectivity index (χ1) is 8.52. The molecule has 0 aliphatic carbocycles. The summed E-state index contributed by atoms with van der Waals surface area (Å²) in [7, 11) is 0. The highest BCUT2D eigenvalue weighted by Crippen LogP contribution is 2.21. The minimum absolute atomic E-state index is 0.0604. The molecule has 1 N–H and O–H groups in total. The Morgan fingerprint density at radius 3 is 2.83 bits per heavy atom. The van der Waals surface area contributed by atoms with Crippen molar-refractivity contribution in [3.8, 4) is 5.75 Å². The van der Waals surface area contributed by atoms with Crippen molar-refractivity contribution >= 4 is 28.1 Å². The Labute approximate surface area is 115 Å². The van der Waals surface area contributed by atoms with E-state index in [2.05, 4.69) is 21.2 Å². The second-order valence-corrected chi connectivity index (χ2v) is 5.04. The van der Waals surface area contributed by atoms with Gasteiger partial charge in [0.05, 0.1) is 18.6 Å². The van der Waals surface area contributed by atoms with E-state index in [0.29, 0.717) is 11.3 Å².